The Kier molecular flexibility index (Phi) is 1.32. The summed E-state index contributed by atoms with van der Waals surface area (Å²) in [5, 5.41) is 10.8. The lowest BCUT2D eigenvalue weighted by Gasteiger charge is -1.95. The van der Waals surface area contributed by atoms with Gasteiger partial charge in [0.1, 0.15) is 6.10 Å². The smallest absolute Gasteiger partial charge is 0.186 e. The van der Waals surface area contributed by atoms with Crippen LogP contribution in [-0.4, -0.2) is 6.10 Å². The Morgan fingerprint density at radius 2 is 2.36 bits per heavy atom. The number of rotatable bonds is 1. The lowest BCUT2D eigenvalue weighted by atomic mass is 10.2. The molecule has 2 atom stereocenters. The van der Waals surface area contributed by atoms with Gasteiger partial charge in [-0.05, 0) is 13.0 Å². The van der Waals surface area contributed by atoms with Crippen molar-refractivity contribution in [1.82, 2.24) is 0 Å². The van der Waals surface area contributed by atoms with Gasteiger partial charge in [0, 0.05) is 11.6 Å². The van der Waals surface area contributed by atoms with Crippen LogP contribution in [0.2, 0.25) is 0 Å². The van der Waals surface area contributed by atoms with Gasteiger partial charge in [0.2, 0.25) is 0 Å². The molecule has 3 nitrogen and oxygen atoms in total. The largest absolute Gasteiger partial charge is 0.619 e. The van der Waals surface area contributed by atoms with Crippen LogP contribution in [0, 0.1) is 5.21 Å². The van der Waals surface area contributed by atoms with Gasteiger partial charge in [-0.15, -0.1) is 0 Å². The molecular weight excluding hydrogens is 142 g/mol. The zero-order valence-electron chi connectivity index (χ0n) is 6.23. The van der Waals surface area contributed by atoms with E-state index in [0.717, 1.165) is 10.3 Å². The van der Waals surface area contributed by atoms with Gasteiger partial charge in [0.15, 0.2) is 12.4 Å². The Bertz CT molecular complexity index is 275. The molecule has 0 aromatic carbocycles. The predicted molar refractivity (Wildman–Crippen MR) is 38.7 cm³/mol. The lowest BCUT2D eigenvalue weighted by molar-refractivity contribution is -0.605. The Morgan fingerprint density at radius 1 is 1.64 bits per heavy atom. The highest BCUT2D eigenvalue weighted by Gasteiger charge is 2.36. The van der Waals surface area contributed by atoms with Gasteiger partial charge in [-0.25, -0.2) is 0 Å². The molecule has 0 spiro atoms. The molecule has 1 aliphatic heterocycles. The fourth-order valence-electron chi connectivity index (χ4n) is 1.18. The van der Waals surface area contributed by atoms with Gasteiger partial charge in [0.25, 0.3) is 0 Å². The highest BCUT2D eigenvalue weighted by atomic mass is 16.6. The number of pyridine rings is 1. The second kappa shape index (κ2) is 2.20. The van der Waals surface area contributed by atoms with Crippen molar-refractivity contribution in [2.75, 3.05) is 0 Å². The highest BCUT2D eigenvalue weighted by molar-refractivity contribution is 5.15. The first-order valence-electron chi connectivity index (χ1n) is 3.61. The number of hydrogen-bond donors (Lipinski definition) is 0. The number of nitrogens with zero attached hydrogens (tertiary/aromatic N) is 1. The minimum atomic E-state index is 0.149. The Morgan fingerprint density at radius 3 is 2.91 bits per heavy atom. The van der Waals surface area contributed by atoms with Crippen molar-refractivity contribution >= 4 is 0 Å². The van der Waals surface area contributed by atoms with Crippen LogP contribution in [0.5, 0.6) is 0 Å². The van der Waals surface area contributed by atoms with E-state index in [1.165, 1.54) is 6.20 Å². The Hall–Kier alpha value is -1.09. The van der Waals surface area contributed by atoms with E-state index >= 15 is 0 Å². The molecule has 1 aromatic rings. The van der Waals surface area contributed by atoms with Crippen LogP contribution < -0.4 is 4.73 Å². The van der Waals surface area contributed by atoms with Crippen LogP contribution in [0.15, 0.2) is 24.5 Å². The Balaban J connectivity index is 2.25. The molecule has 0 amide bonds. The average molecular weight is 151 g/mol. The predicted octanol–water partition coefficient (Wildman–Crippen LogP) is 0.780. The molecule has 1 fully saturated rings. The summed E-state index contributed by atoms with van der Waals surface area (Å²) in [5.74, 6) is 0. The van der Waals surface area contributed by atoms with Crippen LogP contribution in [0.1, 0.15) is 18.6 Å². The Labute approximate surface area is 64.8 Å². The highest BCUT2D eigenvalue weighted by Crippen LogP contribution is 2.37. The summed E-state index contributed by atoms with van der Waals surface area (Å²) < 4.78 is 6.00. The van der Waals surface area contributed by atoms with Crippen LogP contribution in [0.25, 0.3) is 0 Å². The summed E-state index contributed by atoms with van der Waals surface area (Å²) in [7, 11) is 0. The molecule has 0 N–H and O–H groups in total. The first-order chi connectivity index (χ1) is 5.27. The second-order valence-electron chi connectivity index (χ2n) is 2.76. The van der Waals surface area contributed by atoms with Gasteiger partial charge >= 0.3 is 0 Å². The topological polar surface area (TPSA) is 39.5 Å². The fourth-order valence-corrected chi connectivity index (χ4v) is 1.18. The summed E-state index contributed by atoms with van der Waals surface area (Å²) in [6, 6.07) is 3.64. The summed E-state index contributed by atoms with van der Waals surface area (Å²) in [5.41, 5.74) is 0.968. The van der Waals surface area contributed by atoms with E-state index in [9.17, 15) is 5.21 Å². The van der Waals surface area contributed by atoms with Gasteiger partial charge in [-0.1, -0.05) is 0 Å². The van der Waals surface area contributed by atoms with E-state index in [-0.39, 0.29) is 12.2 Å². The van der Waals surface area contributed by atoms with Crippen LogP contribution >= 0.6 is 0 Å². The normalized spacial score (nSPS) is 28.5. The summed E-state index contributed by atoms with van der Waals surface area (Å²) >= 11 is 0. The molecule has 1 aromatic heterocycles. The number of epoxide rings is 1. The first kappa shape index (κ1) is 6.61. The molecule has 3 heteroatoms. The molecule has 1 saturated heterocycles. The monoisotopic (exact) mass is 151 g/mol. The molecule has 2 heterocycles. The van der Waals surface area contributed by atoms with Crippen molar-refractivity contribution in [3.05, 3.63) is 35.3 Å². The van der Waals surface area contributed by atoms with Crippen molar-refractivity contribution in [2.45, 2.75) is 19.1 Å². The van der Waals surface area contributed by atoms with Crippen LogP contribution in [0.3, 0.4) is 0 Å². The minimum absolute atomic E-state index is 0.149. The molecule has 11 heavy (non-hydrogen) atoms. The average Bonchev–Trinajstić information content (AvgIpc) is 2.67. The van der Waals surface area contributed by atoms with Gasteiger partial charge < -0.3 is 9.94 Å². The maximum Gasteiger partial charge on any atom is 0.186 e. The third kappa shape index (κ3) is 1.19. The number of ether oxygens (including phenoxy) is 1. The fraction of sp³-hybridized carbons (Fsp3) is 0.375. The molecule has 58 valence electrons. The first-order valence-corrected chi connectivity index (χ1v) is 3.61. The molecule has 0 radical (unpaired) electrons. The van der Waals surface area contributed by atoms with E-state index in [2.05, 4.69) is 0 Å². The number of aromatic nitrogens is 1. The van der Waals surface area contributed by atoms with Crippen molar-refractivity contribution in [2.24, 2.45) is 0 Å². The van der Waals surface area contributed by atoms with Crippen molar-refractivity contribution in [3.63, 3.8) is 0 Å². The summed E-state index contributed by atoms with van der Waals surface area (Å²) in [6.45, 7) is 1.99. The molecule has 0 bridgehead atoms. The standard InChI is InChI=1S/C8H9NO2/c1-6-8(11-6)7-3-2-4-9(10)5-7/h2-6,8H,1H3/t6-,8+/m1/s1. The van der Waals surface area contributed by atoms with Crippen LogP contribution in [-0.2, 0) is 4.74 Å². The van der Waals surface area contributed by atoms with E-state index in [4.69, 9.17) is 4.74 Å². The molecule has 0 saturated carbocycles. The lowest BCUT2D eigenvalue weighted by Crippen LogP contribution is -2.24. The minimum Gasteiger partial charge on any atom is -0.619 e. The maximum absolute atomic E-state index is 10.8. The van der Waals surface area contributed by atoms with E-state index in [0.29, 0.717) is 0 Å². The number of hydrogen-bond acceptors (Lipinski definition) is 2. The zero-order chi connectivity index (χ0) is 7.84. The third-order valence-electron chi connectivity index (χ3n) is 1.84. The SMILES string of the molecule is C[C@H]1O[C@@H]1c1ccc[n+]([O-])c1. The van der Waals surface area contributed by atoms with Crippen LogP contribution in [0.4, 0.5) is 0 Å². The molecular formula is C8H9NO2. The summed E-state index contributed by atoms with van der Waals surface area (Å²) in [6.07, 6.45) is 3.44. The van der Waals surface area contributed by atoms with Gasteiger partial charge in [-0.2, -0.15) is 4.73 Å². The molecule has 1 aliphatic rings. The second-order valence-corrected chi connectivity index (χ2v) is 2.76. The third-order valence-corrected chi connectivity index (χ3v) is 1.84. The van der Waals surface area contributed by atoms with E-state index in [1.54, 1.807) is 12.3 Å². The summed E-state index contributed by atoms with van der Waals surface area (Å²) in [4.78, 5) is 0. The van der Waals surface area contributed by atoms with E-state index < -0.39 is 0 Å². The quantitative estimate of drug-likeness (QED) is 0.338. The molecule has 0 unspecified atom stereocenters. The van der Waals surface area contributed by atoms with Gasteiger partial charge in [-0.3, -0.25) is 0 Å². The van der Waals surface area contributed by atoms with E-state index in [1.807, 2.05) is 13.0 Å². The van der Waals surface area contributed by atoms with Crippen molar-refractivity contribution in [1.29, 1.82) is 0 Å². The van der Waals surface area contributed by atoms with Crippen molar-refractivity contribution in [3.8, 4) is 0 Å². The molecule has 2 rings (SSSR count). The zero-order valence-corrected chi connectivity index (χ0v) is 6.23. The maximum atomic E-state index is 10.8. The van der Waals surface area contributed by atoms with Gasteiger partial charge in [0.05, 0.1) is 6.10 Å². The van der Waals surface area contributed by atoms with Crippen molar-refractivity contribution < 1.29 is 9.47 Å². The molecule has 0 aliphatic carbocycles.